The Kier molecular flexibility index (Phi) is 6.26. The lowest BCUT2D eigenvalue weighted by Gasteiger charge is -2.14. The van der Waals surface area contributed by atoms with E-state index in [0.29, 0.717) is 11.4 Å². The van der Waals surface area contributed by atoms with E-state index in [1.54, 1.807) is 18.2 Å². The van der Waals surface area contributed by atoms with Crippen LogP contribution in [0, 0.1) is 0 Å². The molecule has 1 unspecified atom stereocenters. The monoisotopic (exact) mass is 346 g/mol. The molecule has 0 aliphatic heterocycles. The number of aliphatic carboxylic acids is 1. The van der Waals surface area contributed by atoms with Gasteiger partial charge < -0.3 is 25.2 Å². The number of methoxy groups -OCH3 is 2. The molecule has 0 aliphatic rings. The van der Waals surface area contributed by atoms with Gasteiger partial charge in [0.05, 0.1) is 19.3 Å². The van der Waals surface area contributed by atoms with Crippen molar-refractivity contribution in [3.63, 3.8) is 0 Å². The summed E-state index contributed by atoms with van der Waals surface area (Å²) >= 11 is 3.28. The van der Waals surface area contributed by atoms with Gasteiger partial charge in [-0.05, 0) is 18.2 Å². The van der Waals surface area contributed by atoms with Crippen molar-refractivity contribution in [3.8, 4) is 5.75 Å². The number of hydrogen-bond acceptors (Lipinski definition) is 4. The Labute approximate surface area is 124 Å². The number of anilines is 1. The molecule has 0 radical (unpaired) electrons. The maximum atomic E-state index is 11.7. The first-order valence-corrected chi connectivity index (χ1v) is 6.41. The van der Waals surface area contributed by atoms with Gasteiger partial charge in [-0.2, -0.15) is 0 Å². The Morgan fingerprint density at radius 1 is 1.40 bits per heavy atom. The Hall–Kier alpha value is -1.80. The van der Waals surface area contributed by atoms with Crippen LogP contribution in [0.3, 0.4) is 0 Å². The minimum Gasteiger partial charge on any atom is -0.495 e. The number of urea groups is 1. The van der Waals surface area contributed by atoms with Crippen LogP contribution >= 0.6 is 15.9 Å². The fourth-order valence-corrected chi connectivity index (χ4v) is 1.76. The first-order chi connectivity index (χ1) is 9.47. The summed E-state index contributed by atoms with van der Waals surface area (Å²) in [6.45, 7) is -0.145. The number of nitrogens with one attached hydrogen (secondary N) is 2. The van der Waals surface area contributed by atoms with Crippen molar-refractivity contribution in [2.24, 2.45) is 0 Å². The van der Waals surface area contributed by atoms with Crippen LogP contribution in [0.5, 0.6) is 5.75 Å². The van der Waals surface area contributed by atoms with Gasteiger partial charge in [0.15, 0.2) is 6.10 Å². The van der Waals surface area contributed by atoms with Crippen LogP contribution < -0.4 is 15.4 Å². The number of hydrogen-bond donors (Lipinski definition) is 3. The normalized spacial score (nSPS) is 11.6. The average molecular weight is 347 g/mol. The average Bonchev–Trinajstić information content (AvgIpc) is 2.39. The smallest absolute Gasteiger partial charge is 0.334 e. The van der Waals surface area contributed by atoms with E-state index in [4.69, 9.17) is 14.6 Å². The maximum Gasteiger partial charge on any atom is 0.334 e. The third kappa shape index (κ3) is 4.71. The summed E-state index contributed by atoms with van der Waals surface area (Å²) < 4.78 is 10.6. The Morgan fingerprint density at radius 3 is 2.65 bits per heavy atom. The van der Waals surface area contributed by atoms with Gasteiger partial charge >= 0.3 is 12.0 Å². The molecule has 1 rings (SSSR count). The summed E-state index contributed by atoms with van der Waals surface area (Å²) in [5.74, 6) is -0.655. The van der Waals surface area contributed by atoms with Crippen LogP contribution in [-0.2, 0) is 9.53 Å². The number of carbonyl (C=O) groups is 2. The Morgan fingerprint density at radius 2 is 2.10 bits per heavy atom. The molecule has 0 heterocycles. The number of rotatable bonds is 6. The third-order valence-electron chi connectivity index (χ3n) is 2.42. The van der Waals surface area contributed by atoms with Crippen molar-refractivity contribution in [1.82, 2.24) is 5.32 Å². The molecule has 0 saturated carbocycles. The molecule has 20 heavy (non-hydrogen) atoms. The summed E-state index contributed by atoms with van der Waals surface area (Å²) in [5, 5.41) is 13.7. The predicted molar refractivity (Wildman–Crippen MR) is 76.1 cm³/mol. The highest BCUT2D eigenvalue weighted by Crippen LogP contribution is 2.27. The van der Waals surface area contributed by atoms with Gasteiger partial charge in [0, 0.05) is 11.6 Å². The van der Waals surface area contributed by atoms with Crippen LogP contribution in [0.1, 0.15) is 0 Å². The first-order valence-electron chi connectivity index (χ1n) is 5.62. The van der Waals surface area contributed by atoms with Crippen molar-refractivity contribution in [2.75, 3.05) is 26.1 Å². The summed E-state index contributed by atoms with van der Waals surface area (Å²) in [6, 6.07) is 4.58. The molecule has 0 spiro atoms. The second kappa shape index (κ2) is 7.71. The molecule has 0 bridgehead atoms. The van der Waals surface area contributed by atoms with Gasteiger partial charge in [-0.1, -0.05) is 15.9 Å². The van der Waals surface area contributed by atoms with Gasteiger partial charge in [-0.25, -0.2) is 9.59 Å². The van der Waals surface area contributed by atoms with E-state index in [9.17, 15) is 9.59 Å². The second-order valence-electron chi connectivity index (χ2n) is 3.74. The van der Waals surface area contributed by atoms with E-state index >= 15 is 0 Å². The topological polar surface area (TPSA) is 96.9 Å². The lowest BCUT2D eigenvalue weighted by Crippen LogP contribution is -2.39. The standard InChI is InChI=1S/C12H15BrN2O5/c1-19-9-4-3-7(13)5-8(9)15-12(18)14-6-10(20-2)11(16)17/h3-5,10H,6H2,1-2H3,(H,16,17)(H2,14,15,18). The zero-order valence-electron chi connectivity index (χ0n) is 11.0. The van der Waals surface area contributed by atoms with Crippen LogP contribution in [0.2, 0.25) is 0 Å². The molecule has 1 aromatic carbocycles. The van der Waals surface area contributed by atoms with Crippen molar-refractivity contribution in [2.45, 2.75) is 6.10 Å². The molecule has 7 nitrogen and oxygen atoms in total. The molecule has 1 aromatic rings. The number of carboxylic acids is 1. The molecular formula is C12H15BrN2O5. The van der Waals surface area contributed by atoms with Gasteiger partial charge in [0.25, 0.3) is 0 Å². The number of ether oxygens (including phenoxy) is 2. The quantitative estimate of drug-likeness (QED) is 0.728. The number of carboxylic acid groups (broad SMARTS) is 1. The van der Waals surface area contributed by atoms with E-state index < -0.39 is 18.1 Å². The number of benzene rings is 1. The van der Waals surface area contributed by atoms with Crippen molar-refractivity contribution < 1.29 is 24.2 Å². The highest BCUT2D eigenvalue weighted by Gasteiger charge is 2.17. The lowest BCUT2D eigenvalue weighted by molar-refractivity contribution is -0.147. The van der Waals surface area contributed by atoms with Crippen LogP contribution in [0.15, 0.2) is 22.7 Å². The van der Waals surface area contributed by atoms with Gasteiger partial charge in [0.1, 0.15) is 5.75 Å². The second-order valence-corrected chi connectivity index (χ2v) is 4.66. The molecule has 0 fully saturated rings. The first kappa shape index (κ1) is 16.3. The van der Waals surface area contributed by atoms with Crippen molar-refractivity contribution in [1.29, 1.82) is 0 Å². The number of halogens is 1. The summed E-state index contributed by atoms with van der Waals surface area (Å²) in [6.07, 6.45) is -1.09. The molecule has 0 aliphatic carbocycles. The largest absolute Gasteiger partial charge is 0.495 e. The van der Waals surface area contributed by atoms with Crippen LogP contribution in [0.25, 0.3) is 0 Å². The predicted octanol–water partition coefficient (Wildman–Crippen LogP) is 1.68. The molecule has 2 amide bonds. The SMILES string of the molecule is COc1ccc(Br)cc1NC(=O)NCC(OC)C(=O)O. The van der Waals surface area contributed by atoms with E-state index in [2.05, 4.69) is 26.6 Å². The summed E-state index contributed by atoms with van der Waals surface area (Å²) in [7, 11) is 2.74. The van der Waals surface area contributed by atoms with E-state index in [1.165, 1.54) is 14.2 Å². The van der Waals surface area contributed by atoms with E-state index in [0.717, 1.165) is 4.47 Å². The number of amides is 2. The van der Waals surface area contributed by atoms with Crippen molar-refractivity contribution in [3.05, 3.63) is 22.7 Å². The molecule has 110 valence electrons. The molecule has 0 aromatic heterocycles. The number of carbonyl (C=O) groups excluding carboxylic acids is 1. The summed E-state index contributed by atoms with van der Waals surface area (Å²) in [4.78, 5) is 22.4. The van der Waals surface area contributed by atoms with E-state index in [-0.39, 0.29) is 6.54 Å². The highest BCUT2D eigenvalue weighted by atomic mass is 79.9. The molecule has 3 N–H and O–H groups in total. The highest BCUT2D eigenvalue weighted by molar-refractivity contribution is 9.10. The fraction of sp³-hybridized carbons (Fsp3) is 0.333. The van der Waals surface area contributed by atoms with Crippen LogP contribution in [0.4, 0.5) is 10.5 Å². The van der Waals surface area contributed by atoms with E-state index in [1.807, 2.05) is 0 Å². The fourth-order valence-electron chi connectivity index (χ4n) is 1.40. The van der Waals surface area contributed by atoms with Gasteiger partial charge in [0.2, 0.25) is 0 Å². The Bertz CT molecular complexity index is 495. The molecular weight excluding hydrogens is 332 g/mol. The zero-order chi connectivity index (χ0) is 15.1. The van der Waals surface area contributed by atoms with Crippen molar-refractivity contribution >= 4 is 33.6 Å². The zero-order valence-corrected chi connectivity index (χ0v) is 12.6. The minimum atomic E-state index is -1.15. The van der Waals surface area contributed by atoms with Gasteiger partial charge in [-0.15, -0.1) is 0 Å². The Balaban J connectivity index is 2.62. The minimum absolute atomic E-state index is 0.145. The molecule has 0 saturated heterocycles. The molecule has 8 heteroatoms. The summed E-state index contributed by atoms with van der Waals surface area (Å²) in [5.41, 5.74) is 0.462. The van der Waals surface area contributed by atoms with Gasteiger partial charge in [-0.3, -0.25) is 0 Å². The third-order valence-corrected chi connectivity index (χ3v) is 2.91. The van der Waals surface area contributed by atoms with Crippen LogP contribution in [-0.4, -0.2) is 44.0 Å². The lowest BCUT2D eigenvalue weighted by atomic mass is 10.3. The maximum absolute atomic E-state index is 11.7. The molecule has 1 atom stereocenters.